The van der Waals surface area contributed by atoms with Gasteiger partial charge in [-0.25, -0.2) is 4.68 Å². The minimum Gasteiger partial charge on any atom is -0.481 e. The van der Waals surface area contributed by atoms with Gasteiger partial charge in [0, 0.05) is 13.1 Å². The Labute approximate surface area is 79.3 Å². The van der Waals surface area contributed by atoms with Crippen LogP contribution in [0.25, 0.3) is 0 Å². The number of aromatic nitrogens is 6. The molecule has 74 valence electrons. The first-order chi connectivity index (χ1) is 6.79. The van der Waals surface area contributed by atoms with Gasteiger partial charge in [0.25, 0.3) is 5.95 Å². The molecule has 0 aliphatic heterocycles. The number of anilines is 2. The summed E-state index contributed by atoms with van der Waals surface area (Å²) < 4.78 is 6.64. The molecular weight excluding hydrogens is 186 g/mol. The second-order valence-electron chi connectivity index (χ2n) is 2.56. The zero-order valence-corrected chi connectivity index (χ0v) is 7.72. The molecule has 2 aromatic rings. The molecule has 0 spiro atoms. The Morgan fingerprint density at radius 2 is 2.43 bits per heavy atom. The van der Waals surface area contributed by atoms with E-state index in [9.17, 15) is 0 Å². The van der Waals surface area contributed by atoms with Gasteiger partial charge in [-0.3, -0.25) is 0 Å². The maximum Gasteiger partial charge on any atom is 0.268 e. The molecule has 0 aliphatic carbocycles. The van der Waals surface area contributed by atoms with Crippen LogP contribution < -0.4 is 10.1 Å². The summed E-state index contributed by atoms with van der Waals surface area (Å²) in [5.41, 5.74) is 0. The Morgan fingerprint density at radius 3 is 3.00 bits per heavy atom. The molecule has 0 fully saturated rings. The predicted octanol–water partition coefficient (Wildman–Crippen LogP) is -0.315. The van der Waals surface area contributed by atoms with Gasteiger partial charge in [0.2, 0.25) is 5.88 Å². The summed E-state index contributed by atoms with van der Waals surface area (Å²) in [4.78, 5) is 0. The van der Waals surface area contributed by atoms with E-state index in [2.05, 4.69) is 31.0 Å². The van der Waals surface area contributed by atoms with Crippen molar-refractivity contribution in [3.8, 4) is 5.88 Å². The van der Waals surface area contributed by atoms with Crippen LogP contribution in [0.15, 0.2) is 6.07 Å². The van der Waals surface area contributed by atoms with Gasteiger partial charge < -0.3 is 10.1 Å². The minimum absolute atomic E-state index is 0.366. The molecule has 8 nitrogen and oxygen atoms in total. The average molecular weight is 195 g/mol. The molecule has 0 bridgehead atoms. The monoisotopic (exact) mass is 195 g/mol. The fourth-order valence-corrected chi connectivity index (χ4v) is 1.03. The highest BCUT2D eigenvalue weighted by Crippen LogP contribution is 2.16. The molecule has 2 N–H and O–H groups in total. The lowest BCUT2D eigenvalue weighted by Crippen LogP contribution is -1.96. The molecule has 0 atom stereocenters. The molecular formula is C6H9N7O. The number of rotatable bonds is 3. The number of H-pyrrole nitrogens is 1. The Hall–Kier alpha value is -2.12. The van der Waals surface area contributed by atoms with E-state index in [4.69, 9.17) is 4.74 Å². The highest BCUT2D eigenvalue weighted by molar-refractivity contribution is 5.48. The number of methoxy groups -OCH3 is 1. The van der Waals surface area contributed by atoms with Crippen LogP contribution in [0, 0.1) is 0 Å². The molecule has 0 saturated carbocycles. The van der Waals surface area contributed by atoms with Crippen molar-refractivity contribution in [1.29, 1.82) is 0 Å². The molecule has 14 heavy (non-hydrogen) atoms. The summed E-state index contributed by atoms with van der Waals surface area (Å²) in [6.07, 6.45) is 0. The fraction of sp³-hybridized carbons (Fsp3) is 0.333. The molecule has 2 aromatic heterocycles. The largest absolute Gasteiger partial charge is 0.481 e. The van der Waals surface area contributed by atoms with Crippen molar-refractivity contribution in [1.82, 2.24) is 30.4 Å². The number of nitrogens with one attached hydrogen (secondary N) is 2. The smallest absolute Gasteiger partial charge is 0.268 e. The lowest BCUT2D eigenvalue weighted by atomic mass is 10.6. The number of ether oxygens (including phenoxy) is 1. The van der Waals surface area contributed by atoms with Crippen LogP contribution in [-0.4, -0.2) is 37.5 Å². The van der Waals surface area contributed by atoms with E-state index in [0.29, 0.717) is 17.6 Å². The van der Waals surface area contributed by atoms with Gasteiger partial charge in [-0.1, -0.05) is 5.10 Å². The van der Waals surface area contributed by atoms with Crippen LogP contribution in [0.3, 0.4) is 0 Å². The van der Waals surface area contributed by atoms with Crippen LogP contribution in [0.5, 0.6) is 5.88 Å². The maximum absolute atomic E-state index is 5.04. The van der Waals surface area contributed by atoms with Crippen LogP contribution in [0.4, 0.5) is 11.8 Å². The molecule has 0 aliphatic rings. The van der Waals surface area contributed by atoms with Gasteiger partial charge in [0.05, 0.1) is 7.11 Å². The maximum atomic E-state index is 5.04. The summed E-state index contributed by atoms with van der Waals surface area (Å²) >= 11 is 0. The molecule has 0 saturated heterocycles. The van der Waals surface area contributed by atoms with Crippen LogP contribution in [0.1, 0.15) is 0 Å². The quantitative estimate of drug-likeness (QED) is 0.697. The highest BCUT2D eigenvalue weighted by atomic mass is 16.5. The molecule has 0 amide bonds. The molecule has 0 unspecified atom stereocenters. The fourth-order valence-electron chi connectivity index (χ4n) is 1.03. The zero-order valence-electron chi connectivity index (χ0n) is 7.72. The molecule has 2 rings (SSSR count). The van der Waals surface area contributed by atoms with Crippen LogP contribution >= 0.6 is 0 Å². The summed E-state index contributed by atoms with van der Waals surface area (Å²) in [6.45, 7) is 0. The van der Waals surface area contributed by atoms with Crippen molar-refractivity contribution < 1.29 is 4.74 Å². The Morgan fingerprint density at radius 1 is 1.57 bits per heavy atom. The van der Waals surface area contributed by atoms with E-state index in [0.717, 1.165) is 0 Å². The van der Waals surface area contributed by atoms with Crippen molar-refractivity contribution >= 4 is 11.8 Å². The van der Waals surface area contributed by atoms with Gasteiger partial charge in [-0.15, -0.1) is 5.10 Å². The summed E-state index contributed by atoms with van der Waals surface area (Å²) in [5.74, 6) is 1.62. The first-order valence-corrected chi connectivity index (χ1v) is 3.88. The number of tetrazole rings is 1. The standard InChI is InChI=1S/C6H9N7O/c1-13-5(14-2)3-4(10-13)7-6-8-11-12-9-6/h3H,1-2H3,(H2,7,8,9,10,11,12). The third-order valence-electron chi connectivity index (χ3n) is 1.63. The van der Waals surface area contributed by atoms with E-state index >= 15 is 0 Å². The van der Waals surface area contributed by atoms with E-state index in [1.807, 2.05) is 0 Å². The van der Waals surface area contributed by atoms with Crippen molar-refractivity contribution in [2.75, 3.05) is 12.4 Å². The molecule has 2 heterocycles. The topological polar surface area (TPSA) is 93.5 Å². The SMILES string of the molecule is COc1cc(Nc2nn[nH]n2)nn1C. The third kappa shape index (κ3) is 1.49. The van der Waals surface area contributed by atoms with Crippen molar-refractivity contribution in [2.24, 2.45) is 7.05 Å². The number of hydrogen-bond acceptors (Lipinski definition) is 6. The number of aromatic amines is 1. The normalized spacial score (nSPS) is 10.1. The number of hydrogen-bond donors (Lipinski definition) is 2. The second kappa shape index (κ2) is 3.32. The van der Waals surface area contributed by atoms with Gasteiger partial charge in [0.1, 0.15) is 0 Å². The number of aryl methyl sites for hydroxylation is 1. The molecule has 0 aromatic carbocycles. The van der Waals surface area contributed by atoms with Gasteiger partial charge >= 0.3 is 0 Å². The minimum atomic E-state index is 0.366. The van der Waals surface area contributed by atoms with Crippen LogP contribution in [0.2, 0.25) is 0 Å². The van der Waals surface area contributed by atoms with Crippen molar-refractivity contribution in [3.63, 3.8) is 0 Å². The molecule has 0 radical (unpaired) electrons. The molecule has 8 heteroatoms. The lowest BCUT2D eigenvalue weighted by molar-refractivity contribution is 0.373. The Bertz CT molecular complexity index is 406. The Balaban J connectivity index is 2.17. The average Bonchev–Trinajstić information content (AvgIpc) is 2.76. The van der Waals surface area contributed by atoms with Crippen LogP contribution in [-0.2, 0) is 7.05 Å². The van der Waals surface area contributed by atoms with E-state index in [1.165, 1.54) is 0 Å². The van der Waals surface area contributed by atoms with Gasteiger partial charge in [0.15, 0.2) is 5.82 Å². The summed E-state index contributed by atoms with van der Waals surface area (Å²) in [6, 6.07) is 1.73. The zero-order chi connectivity index (χ0) is 9.97. The van der Waals surface area contributed by atoms with Gasteiger partial charge in [-0.05, 0) is 5.21 Å². The van der Waals surface area contributed by atoms with Crippen molar-refractivity contribution in [2.45, 2.75) is 0 Å². The van der Waals surface area contributed by atoms with E-state index in [1.54, 1.807) is 24.9 Å². The van der Waals surface area contributed by atoms with Gasteiger partial charge in [-0.2, -0.15) is 10.3 Å². The lowest BCUT2D eigenvalue weighted by Gasteiger charge is -1.95. The first-order valence-electron chi connectivity index (χ1n) is 3.88. The highest BCUT2D eigenvalue weighted by Gasteiger charge is 2.06. The Kier molecular flexibility index (Phi) is 2.01. The van der Waals surface area contributed by atoms with E-state index < -0.39 is 0 Å². The summed E-state index contributed by atoms with van der Waals surface area (Å²) in [5, 5.41) is 20.2. The second-order valence-corrected chi connectivity index (χ2v) is 2.56. The van der Waals surface area contributed by atoms with Crippen molar-refractivity contribution in [3.05, 3.63) is 6.07 Å². The summed E-state index contributed by atoms with van der Waals surface area (Å²) in [7, 11) is 3.36. The predicted molar refractivity (Wildman–Crippen MR) is 47.2 cm³/mol. The third-order valence-corrected chi connectivity index (χ3v) is 1.63. The van der Waals surface area contributed by atoms with E-state index in [-0.39, 0.29) is 0 Å². The number of nitrogens with zero attached hydrogens (tertiary/aromatic N) is 5. The first kappa shape index (κ1) is 8.48.